The predicted molar refractivity (Wildman–Crippen MR) is 57.2 cm³/mol. The normalized spacial score (nSPS) is 11.2. The minimum absolute atomic E-state index is 0.00921. The third kappa shape index (κ3) is 3.22. The molecule has 0 amide bonds. The van der Waals surface area contributed by atoms with Crippen LogP contribution >= 0.6 is 11.6 Å². The van der Waals surface area contributed by atoms with Crippen molar-refractivity contribution in [2.24, 2.45) is 0 Å². The number of allylic oxidation sites excluding steroid dienone is 1. The van der Waals surface area contributed by atoms with Crippen molar-refractivity contribution >= 4 is 23.4 Å². The lowest BCUT2D eigenvalue weighted by atomic mass is 10.1. The molecule has 0 aliphatic heterocycles. The highest BCUT2D eigenvalue weighted by Gasteiger charge is 2.06. The summed E-state index contributed by atoms with van der Waals surface area (Å²) in [7, 11) is 0. The van der Waals surface area contributed by atoms with Crippen molar-refractivity contribution in [3.63, 3.8) is 0 Å². The molecule has 0 unspecified atom stereocenters. The number of aliphatic carboxylic acids is 1. The number of carbonyl (C=O) groups excluding carboxylic acids is 1. The Labute approximate surface area is 92.0 Å². The third-order valence-corrected chi connectivity index (χ3v) is 2.07. The molecule has 0 saturated carbocycles. The summed E-state index contributed by atoms with van der Waals surface area (Å²) in [6, 6.07) is 6.27. The maximum Gasteiger partial charge on any atom is 0.331 e. The first-order valence-corrected chi connectivity index (χ1v) is 4.60. The van der Waals surface area contributed by atoms with E-state index in [-0.39, 0.29) is 11.4 Å². The number of hydrogen-bond donors (Lipinski definition) is 1. The Balaban J connectivity index is 2.91. The second kappa shape index (κ2) is 4.75. The Morgan fingerprint density at radius 2 is 1.80 bits per heavy atom. The zero-order valence-corrected chi connectivity index (χ0v) is 8.78. The highest BCUT2D eigenvalue weighted by atomic mass is 35.5. The summed E-state index contributed by atoms with van der Waals surface area (Å²) >= 11 is 5.65. The first-order chi connectivity index (χ1) is 7.00. The number of halogens is 1. The van der Waals surface area contributed by atoms with Gasteiger partial charge in [0.1, 0.15) is 0 Å². The maximum atomic E-state index is 11.5. The molecule has 0 bridgehead atoms. The molecule has 1 aromatic carbocycles. The van der Waals surface area contributed by atoms with Gasteiger partial charge in [0.25, 0.3) is 0 Å². The van der Waals surface area contributed by atoms with Crippen molar-refractivity contribution in [1.29, 1.82) is 0 Å². The highest BCUT2D eigenvalue weighted by Crippen LogP contribution is 2.11. The van der Waals surface area contributed by atoms with Crippen LogP contribution in [0.15, 0.2) is 35.9 Å². The fraction of sp³-hybridized carbons (Fsp3) is 0.0909. The Morgan fingerprint density at radius 3 is 2.27 bits per heavy atom. The maximum absolute atomic E-state index is 11.5. The van der Waals surface area contributed by atoms with Crippen LogP contribution < -0.4 is 0 Å². The van der Waals surface area contributed by atoms with E-state index in [1.54, 1.807) is 24.3 Å². The average molecular weight is 225 g/mol. The van der Waals surface area contributed by atoms with Crippen molar-refractivity contribution in [1.82, 2.24) is 0 Å². The fourth-order valence-corrected chi connectivity index (χ4v) is 1.08. The summed E-state index contributed by atoms with van der Waals surface area (Å²) in [5.74, 6) is -1.44. The quantitative estimate of drug-likeness (QED) is 0.634. The van der Waals surface area contributed by atoms with E-state index in [9.17, 15) is 9.59 Å². The summed E-state index contributed by atoms with van der Waals surface area (Å²) in [4.78, 5) is 22.0. The van der Waals surface area contributed by atoms with Crippen LogP contribution in [-0.4, -0.2) is 16.9 Å². The van der Waals surface area contributed by atoms with Gasteiger partial charge in [-0.25, -0.2) is 4.79 Å². The third-order valence-electron chi connectivity index (χ3n) is 1.81. The van der Waals surface area contributed by atoms with E-state index in [0.29, 0.717) is 10.6 Å². The molecule has 0 spiro atoms. The molecular weight excluding hydrogens is 216 g/mol. The van der Waals surface area contributed by atoms with Gasteiger partial charge in [-0.05, 0) is 37.3 Å². The number of carboxylic acid groups (broad SMARTS) is 1. The lowest BCUT2D eigenvalue weighted by Crippen LogP contribution is -2.01. The highest BCUT2D eigenvalue weighted by molar-refractivity contribution is 6.30. The lowest BCUT2D eigenvalue weighted by Gasteiger charge is -1.96. The molecule has 0 aliphatic carbocycles. The molecule has 1 N–H and O–H groups in total. The molecule has 4 heteroatoms. The van der Waals surface area contributed by atoms with Gasteiger partial charge in [-0.1, -0.05) is 11.6 Å². The van der Waals surface area contributed by atoms with Gasteiger partial charge in [0.15, 0.2) is 5.78 Å². The van der Waals surface area contributed by atoms with Crippen LogP contribution in [0.3, 0.4) is 0 Å². The Kier molecular flexibility index (Phi) is 3.63. The van der Waals surface area contributed by atoms with Crippen LogP contribution in [0, 0.1) is 0 Å². The first kappa shape index (κ1) is 11.5. The monoisotopic (exact) mass is 224 g/mol. The molecule has 15 heavy (non-hydrogen) atoms. The van der Waals surface area contributed by atoms with Gasteiger partial charge in [0, 0.05) is 16.2 Å². The van der Waals surface area contributed by atoms with Gasteiger partial charge in [0.2, 0.25) is 0 Å². The van der Waals surface area contributed by atoms with Gasteiger partial charge in [-0.2, -0.15) is 0 Å². The van der Waals surface area contributed by atoms with E-state index in [4.69, 9.17) is 16.7 Å². The SMILES string of the molecule is CC(=CC(=O)c1ccc(Cl)cc1)C(=O)O. The standard InChI is InChI=1S/C11H9ClO3/c1-7(11(14)15)6-10(13)8-2-4-9(12)5-3-8/h2-6H,1H3,(H,14,15). The zero-order chi connectivity index (χ0) is 11.4. The minimum Gasteiger partial charge on any atom is -0.478 e. The van der Waals surface area contributed by atoms with E-state index < -0.39 is 5.97 Å². The number of carboxylic acids is 1. The van der Waals surface area contributed by atoms with E-state index in [1.807, 2.05) is 0 Å². The van der Waals surface area contributed by atoms with Crippen LogP contribution in [-0.2, 0) is 4.79 Å². The number of rotatable bonds is 3. The molecule has 78 valence electrons. The second-order valence-electron chi connectivity index (χ2n) is 3.00. The molecule has 3 nitrogen and oxygen atoms in total. The smallest absolute Gasteiger partial charge is 0.331 e. The summed E-state index contributed by atoms with van der Waals surface area (Å²) in [6.07, 6.45) is 1.09. The molecular formula is C11H9ClO3. The Bertz CT molecular complexity index is 418. The Morgan fingerprint density at radius 1 is 1.27 bits per heavy atom. The van der Waals surface area contributed by atoms with Gasteiger partial charge < -0.3 is 5.11 Å². The molecule has 1 aromatic rings. The van der Waals surface area contributed by atoms with Crippen LogP contribution in [0.4, 0.5) is 0 Å². The molecule has 0 atom stereocenters. The van der Waals surface area contributed by atoms with E-state index in [2.05, 4.69) is 0 Å². The van der Waals surface area contributed by atoms with Crippen LogP contribution in [0.25, 0.3) is 0 Å². The fourth-order valence-electron chi connectivity index (χ4n) is 0.956. The molecule has 0 saturated heterocycles. The number of ketones is 1. The molecule has 0 fully saturated rings. The lowest BCUT2D eigenvalue weighted by molar-refractivity contribution is -0.132. The molecule has 1 rings (SSSR count). The van der Waals surface area contributed by atoms with Crippen LogP contribution in [0.2, 0.25) is 5.02 Å². The molecule has 0 aliphatic rings. The van der Waals surface area contributed by atoms with Crippen molar-refractivity contribution in [2.45, 2.75) is 6.92 Å². The van der Waals surface area contributed by atoms with Gasteiger partial charge in [-0.3, -0.25) is 4.79 Å². The van der Waals surface area contributed by atoms with Gasteiger partial charge in [0.05, 0.1) is 0 Å². The summed E-state index contributed by atoms with van der Waals surface area (Å²) < 4.78 is 0. The van der Waals surface area contributed by atoms with Crippen molar-refractivity contribution in [3.8, 4) is 0 Å². The summed E-state index contributed by atoms with van der Waals surface area (Å²) in [6.45, 7) is 1.37. The Hall–Kier alpha value is -1.61. The largest absolute Gasteiger partial charge is 0.478 e. The molecule has 0 radical (unpaired) electrons. The van der Waals surface area contributed by atoms with Crippen molar-refractivity contribution in [2.75, 3.05) is 0 Å². The second-order valence-corrected chi connectivity index (χ2v) is 3.44. The summed E-state index contributed by atoms with van der Waals surface area (Å²) in [5.41, 5.74) is 0.426. The first-order valence-electron chi connectivity index (χ1n) is 4.22. The van der Waals surface area contributed by atoms with Gasteiger partial charge in [-0.15, -0.1) is 0 Å². The van der Waals surface area contributed by atoms with E-state index in [1.165, 1.54) is 6.92 Å². The number of carbonyl (C=O) groups is 2. The van der Waals surface area contributed by atoms with E-state index in [0.717, 1.165) is 6.08 Å². The minimum atomic E-state index is -1.10. The number of benzene rings is 1. The summed E-state index contributed by atoms with van der Waals surface area (Å²) in [5, 5.41) is 9.11. The molecule has 0 heterocycles. The van der Waals surface area contributed by atoms with Crippen LogP contribution in [0.1, 0.15) is 17.3 Å². The van der Waals surface area contributed by atoms with E-state index >= 15 is 0 Å². The van der Waals surface area contributed by atoms with Crippen molar-refractivity contribution < 1.29 is 14.7 Å². The number of hydrogen-bond acceptors (Lipinski definition) is 2. The van der Waals surface area contributed by atoms with Crippen molar-refractivity contribution in [3.05, 3.63) is 46.5 Å². The van der Waals surface area contributed by atoms with Crippen LogP contribution in [0.5, 0.6) is 0 Å². The average Bonchev–Trinajstić information content (AvgIpc) is 2.18. The predicted octanol–water partition coefficient (Wildman–Crippen LogP) is 2.55. The zero-order valence-electron chi connectivity index (χ0n) is 8.03. The van der Waals surface area contributed by atoms with Gasteiger partial charge >= 0.3 is 5.97 Å². The molecule has 0 aromatic heterocycles. The topological polar surface area (TPSA) is 54.4 Å².